The van der Waals surface area contributed by atoms with Crippen LogP contribution in [0.25, 0.3) is 0 Å². The molecular weight excluding hydrogens is 337 g/mol. The molecule has 0 saturated carbocycles. The molecular formula is C17H17ClFNO4. The second-order valence-corrected chi connectivity index (χ2v) is 5.54. The van der Waals surface area contributed by atoms with Crippen molar-refractivity contribution in [3.05, 3.63) is 51.6 Å². The molecule has 0 aliphatic rings. The lowest BCUT2D eigenvalue weighted by Crippen LogP contribution is -2.14. The van der Waals surface area contributed by atoms with Crippen LogP contribution in [0.5, 0.6) is 5.75 Å². The number of hydrogen-bond acceptors (Lipinski definition) is 4. The highest BCUT2D eigenvalue weighted by molar-refractivity contribution is 6.30. The lowest BCUT2D eigenvalue weighted by Gasteiger charge is -2.06. The van der Waals surface area contributed by atoms with Crippen LogP contribution in [-0.2, 0) is 4.74 Å². The Morgan fingerprint density at radius 2 is 2.00 bits per heavy atom. The summed E-state index contributed by atoms with van der Waals surface area (Å²) in [5, 5.41) is -0.0866. The molecule has 0 atom stereocenters. The van der Waals surface area contributed by atoms with Gasteiger partial charge in [-0.15, -0.1) is 0 Å². The fourth-order valence-electron chi connectivity index (χ4n) is 2.33. The zero-order valence-corrected chi connectivity index (χ0v) is 14.3. The number of esters is 1. The third-order valence-corrected chi connectivity index (χ3v) is 3.75. The van der Waals surface area contributed by atoms with Crippen LogP contribution in [0.4, 0.5) is 4.39 Å². The molecule has 0 aliphatic heterocycles. The summed E-state index contributed by atoms with van der Waals surface area (Å²) in [6.45, 7) is 5.04. The quantitative estimate of drug-likeness (QED) is 0.632. The number of aromatic nitrogens is 1. The van der Waals surface area contributed by atoms with E-state index < -0.39 is 11.8 Å². The number of carbonyl (C=O) groups is 2. The van der Waals surface area contributed by atoms with Gasteiger partial charge < -0.3 is 14.5 Å². The van der Waals surface area contributed by atoms with Crippen molar-refractivity contribution in [3.63, 3.8) is 0 Å². The number of nitrogens with one attached hydrogen (secondary N) is 1. The molecule has 0 fully saturated rings. The molecule has 128 valence electrons. The first-order chi connectivity index (χ1) is 11.3. The maximum atomic E-state index is 13.1. The maximum absolute atomic E-state index is 13.1. The maximum Gasteiger partial charge on any atom is 0.340 e. The standard InChI is InChI=1S/C17H17ClFNO4/c1-4-23-17(22)15-9(2)16(20-10(15)3)14(21)8-24-11-5-6-13(19)12(18)7-11/h5-7,20H,4,8H2,1-3H3. The average Bonchev–Trinajstić information content (AvgIpc) is 2.83. The molecule has 0 spiro atoms. The van der Waals surface area contributed by atoms with E-state index >= 15 is 0 Å². The molecule has 0 bridgehead atoms. The normalized spacial score (nSPS) is 10.5. The summed E-state index contributed by atoms with van der Waals surface area (Å²) in [4.78, 5) is 27.1. The predicted octanol–water partition coefficient (Wildman–Crippen LogP) is 3.86. The highest BCUT2D eigenvalue weighted by Crippen LogP contribution is 2.22. The second-order valence-electron chi connectivity index (χ2n) is 5.13. The number of halogens is 2. The van der Waals surface area contributed by atoms with Crippen molar-refractivity contribution in [2.24, 2.45) is 0 Å². The number of ether oxygens (including phenoxy) is 2. The molecule has 0 saturated heterocycles. The van der Waals surface area contributed by atoms with Crippen LogP contribution in [-0.4, -0.2) is 30.0 Å². The Bertz CT molecular complexity index is 785. The zero-order valence-electron chi connectivity index (χ0n) is 13.5. The van der Waals surface area contributed by atoms with Crippen molar-refractivity contribution in [3.8, 4) is 5.75 Å². The Hall–Kier alpha value is -2.34. The molecule has 0 radical (unpaired) electrons. The van der Waals surface area contributed by atoms with Crippen molar-refractivity contribution >= 4 is 23.4 Å². The summed E-state index contributed by atoms with van der Waals surface area (Å²) in [6, 6.07) is 3.83. The van der Waals surface area contributed by atoms with Gasteiger partial charge in [-0.05, 0) is 38.5 Å². The Kier molecular flexibility index (Phi) is 5.62. The van der Waals surface area contributed by atoms with Crippen molar-refractivity contribution in [1.82, 2.24) is 4.98 Å². The monoisotopic (exact) mass is 353 g/mol. The van der Waals surface area contributed by atoms with Crippen LogP contribution in [0.1, 0.15) is 39.0 Å². The Labute approximate surface area is 143 Å². The van der Waals surface area contributed by atoms with E-state index in [-0.39, 0.29) is 35.5 Å². The second kappa shape index (κ2) is 7.49. The van der Waals surface area contributed by atoms with E-state index in [4.69, 9.17) is 21.1 Å². The summed E-state index contributed by atoms with van der Waals surface area (Å²) >= 11 is 5.66. The number of ketones is 1. The van der Waals surface area contributed by atoms with Crippen LogP contribution in [0.2, 0.25) is 5.02 Å². The minimum Gasteiger partial charge on any atom is -0.485 e. The van der Waals surface area contributed by atoms with E-state index in [9.17, 15) is 14.0 Å². The summed E-state index contributed by atoms with van der Waals surface area (Å²) < 4.78 is 23.4. The number of aryl methyl sites for hydroxylation is 1. The van der Waals surface area contributed by atoms with Crippen molar-refractivity contribution in [2.75, 3.05) is 13.2 Å². The summed E-state index contributed by atoms with van der Waals surface area (Å²) in [5.41, 5.74) is 1.70. The van der Waals surface area contributed by atoms with E-state index in [0.717, 1.165) is 6.07 Å². The van der Waals surface area contributed by atoms with Crippen LogP contribution in [0.3, 0.4) is 0 Å². The molecule has 0 unspecified atom stereocenters. The lowest BCUT2D eigenvalue weighted by molar-refractivity contribution is 0.0525. The van der Waals surface area contributed by atoms with Gasteiger partial charge in [0.1, 0.15) is 11.6 Å². The van der Waals surface area contributed by atoms with E-state index in [1.807, 2.05) is 0 Å². The Morgan fingerprint density at radius 1 is 1.29 bits per heavy atom. The topological polar surface area (TPSA) is 68.4 Å². The van der Waals surface area contributed by atoms with Crippen LogP contribution < -0.4 is 4.74 Å². The number of rotatable bonds is 6. The van der Waals surface area contributed by atoms with Gasteiger partial charge in [0, 0.05) is 11.8 Å². The van der Waals surface area contributed by atoms with Gasteiger partial charge in [0.15, 0.2) is 6.61 Å². The molecule has 7 heteroatoms. The summed E-state index contributed by atoms with van der Waals surface area (Å²) in [7, 11) is 0. The molecule has 0 amide bonds. The fraction of sp³-hybridized carbons (Fsp3) is 0.294. The molecule has 24 heavy (non-hydrogen) atoms. The van der Waals surface area contributed by atoms with Gasteiger partial charge >= 0.3 is 5.97 Å². The van der Waals surface area contributed by atoms with Crippen molar-refractivity contribution < 1.29 is 23.5 Å². The van der Waals surface area contributed by atoms with Gasteiger partial charge in [0.2, 0.25) is 5.78 Å². The number of benzene rings is 1. The van der Waals surface area contributed by atoms with Crippen molar-refractivity contribution in [1.29, 1.82) is 0 Å². The van der Waals surface area contributed by atoms with Gasteiger partial charge in [-0.3, -0.25) is 4.79 Å². The molecule has 1 aromatic heterocycles. The Morgan fingerprint density at radius 3 is 2.62 bits per heavy atom. The third kappa shape index (κ3) is 3.76. The highest BCUT2D eigenvalue weighted by Gasteiger charge is 2.23. The van der Waals surface area contributed by atoms with Gasteiger partial charge in [0.25, 0.3) is 0 Å². The number of H-pyrrole nitrogens is 1. The minimum atomic E-state index is -0.565. The largest absolute Gasteiger partial charge is 0.485 e. The first-order valence-electron chi connectivity index (χ1n) is 7.32. The fourth-order valence-corrected chi connectivity index (χ4v) is 2.50. The van der Waals surface area contributed by atoms with E-state index in [2.05, 4.69) is 4.98 Å². The SMILES string of the molecule is CCOC(=O)c1c(C)[nH]c(C(=O)COc2ccc(F)c(Cl)c2)c1C. The van der Waals surface area contributed by atoms with Crippen LogP contribution >= 0.6 is 11.6 Å². The molecule has 0 aliphatic carbocycles. The third-order valence-electron chi connectivity index (χ3n) is 3.46. The van der Waals surface area contributed by atoms with Gasteiger partial charge in [-0.2, -0.15) is 0 Å². The first kappa shape index (κ1) is 18.0. The molecule has 5 nitrogen and oxygen atoms in total. The molecule has 1 N–H and O–H groups in total. The number of aromatic amines is 1. The molecule has 2 rings (SSSR count). The van der Waals surface area contributed by atoms with Crippen LogP contribution in [0.15, 0.2) is 18.2 Å². The summed E-state index contributed by atoms with van der Waals surface area (Å²) in [5.74, 6) is -1.10. The minimum absolute atomic E-state index is 0.0866. The molecule has 2 aromatic rings. The zero-order chi connectivity index (χ0) is 17.9. The van der Waals surface area contributed by atoms with Gasteiger partial charge in [0.05, 0.1) is 22.9 Å². The van der Waals surface area contributed by atoms with E-state index in [0.29, 0.717) is 16.8 Å². The summed E-state index contributed by atoms with van der Waals surface area (Å²) in [6.07, 6.45) is 0. The van der Waals surface area contributed by atoms with E-state index in [1.165, 1.54) is 12.1 Å². The smallest absolute Gasteiger partial charge is 0.340 e. The predicted molar refractivity (Wildman–Crippen MR) is 87.5 cm³/mol. The molecule has 1 aromatic carbocycles. The van der Waals surface area contributed by atoms with Gasteiger partial charge in [-0.25, -0.2) is 9.18 Å². The van der Waals surface area contributed by atoms with Crippen LogP contribution in [0, 0.1) is 19.7 Å². The first-order valence-corrected chi connectivity index (χ1v) is 7.70. The number of carbonyl (C=O) groups excluding carboxylic acids is 2. The Balaban J connectivity index is 2.14. The molecule has 1 heterocycles. The number of hydrogen-bond donors (Lipinski definition) is 1. The van der Waals surface area contributed by atoms with Gasteiger partial charge in [-0.1, -0.05) is 11.6 Å². The lowest BCUT2D eigenvalue weighted by atomic mass is 10.1. The number of Topliss-reactive ketones (excluding diaryl/α,β-unsaturated/α-hetero) is 1. The highest BCUT2D eigenvalue weighted by atomic mass is 35.5. The average molecular weight is 354 g/mol. The van der Waals surface area contributed by atoms with E-state index in [1.54, 1.807) is 20.8 Å². The van der Waals surface area contributed by atoms with Crippen molar-refractivity contribution in [2.45, 2.75) is 20.8 Å².